The van der Waals surface area contributed by atoms with Crippen molar-refractivity contribution in [3.05, 3.63) is 65.5 Å². The van der Waals surface area contributed by atoms with Crippen molar-refractivity contribution < 1.29 is 18.8 Å². The van der Waals surface area contributed by atoms with E-state index in [1.165, 1.54) is 25.2 Å². The highest BCUT2D eigenvalue weighted by Crippen LogP contribution is 2.09. The second-order valence-corrected chi connectivity index (χ2v) is 4.90. The third kappa shape index (κ3) is 4.64. The van der Waals surface area contributed by atoms with Crippen LogP contribution in [0.15, 0.2) is 48.5 Å². The molecule has 0 aliphatic rings. The number of carbonyl (C=O) groups excluding carboxylic acids is 3. The zero-order valence-corrected chi connectivity index (χ0v) is 12.9. The molecule has 0 unspecified atom stereocenters. The van der Waals surface area contributed by atoms with Crippen LogP contribution >= 0.6 is 0 Å². The van der Waals surface area contributed by atoms with Crippen LogP contribution in [0.2, 0.25) is 0 Å². The van der Waals surface area contributed by atoms with E-state index >= 15 is 0 Å². The molecule has 0 bridgehead atoms. The van der Waals surface area contributed by atoms with Gasteiger partial charge in [-0.1, -0.05) is 6.07 Å². The summed E-state index contributed by atoms with van der Waals surface area (Å²) in [4.78, 5) is 35.0. The van der Waals surface area contributed by atoms with Crippen LogP contribution in [0.25, 0.3) is 0 Å². The Morgan fingerprint density at radius 2 is 1.67 bits per heavy atom. The molecule has 0 aliphatic carbocycles. The van der Waals surface area contributed by atoms with Gasteiger partial charge in [0.1, 0.15) is 5.82 Å². The lowest BCUT2D eigenvalue weighted by Crippen LogP contribution is -2.32. The van der Waals surface area contributed by atoms with Gasteiger partial charge in [-0.2, -0.15) is 0 Å². The molecule has 0 aromatic heterocycles. The van der Waals surface area contributed by atoms with Crippen LogP contribution in [0, 0.1) is 5.82 Å². The number of carbonyl (C=O) groups is 3. The zero-order chi connectivity index (χ0) is 17.5. The lowest BCUT2D eigenvalue weighted by molar-refractivity contribution is -0.115. The summed E-state index contributed by atoms with van der Waals surface area (Å²) in [5.74, 6) is -1.73. The highest BCUT2D eigenvalue weighted by Gasteiger charge is 2.09. The third-order valence-electron chi connectivity index (χ3n) is 3.15. The van der Waals surface area contributed by atoms with E-state index in [1.807, 2.05) is 0 Å². The SMILES string of the molecule is CNC(=O)c1ccc(NC(=O)CNC(=O)c2cccc(F)c2)cc1. The highest BCUT2D eigenvalue weighted by atomic mass is 19.1. The van der Waals surface area contributed by atoms with Gasteiger partial charge < -0.3 is 16.0 Å². The molecular weight excluding hydrogens is 313 g/mol. The minimum absolute atomic E-state index is 0.137. The monoisotopic (exact) mass is 329 g/mol. The molecule has 2 aromatic rings. The molecule has 0 heterocycles. The Hall–Kier alpha value is -3.22. The lowest BCUT2D eigenvalue weighted by Gasteiger charge is -2.08. The van der Waals surface area contributed by atoms with E-state index in [1.54, 1.807) is 24.3 Å². The van der Waals surface area contributed by atoms with Crippen LogP contribution in [-0.2, 0) is 4.79 Å². The van der Waals surface area contributed by atoms with E-state index in [4.69, 9.17) is 0 Å². The van der Waals surface area contributed by atoms with Crippen molar-refractivity contribution in [1.29, 1.82) is 0 Å². The van der Waals surface area contributed by atoms with Crippen LogP contribution in [0.3, 0.4) is 0 Å². The Bertz CT molecular complexity index is 760. The predicted molar refractivity (Wildman–Crippen MR) is 87.2 cm³/mol. The molecule has 0 atom stereocenters. The van der Waals surface area contributed by atoms with Gasteiger partial charge in [0, 0.05) is 23.9 Å². The molecule has 2 aromatic carbocycles. The summed E-state index contributed by atoms with van der Waals surface area (Å²) in [6, 6.07) is 11.5. The molecule has 24 heavy (non-hydrogen) atoms. The average Bonchev–Trinajstić information content (AvgIpc) is 2.59. The maximum Gasteiger partial charge on any atom is 0.251 e. The molecule has 0 saturated carbocycles. The van der Waals surface area contributed by atoms with Crippen LogP contribution in [0.4, 0.5) is 10.1 Å². The summed E-state index contributed by atoms with van der Waals surface area (Å²) in [5, 5.41) is 7.48. The van der Waals surface area contributed by atoms with E-state index in [9.17, 15) is 18.8 Å². The predicted octanol–water partition coefficient (Wildman–Crippen LogP) is 1.55. The first-order chi connectivity index (χ1) is 11.5. The number of nitrogens with one attached hydrogen (secondary N) is 3. The number of amides is 3. The second kappa shape index (κ2) is 7.87. The molecule has 124 valence electrons. The molecule has 0 spiro atoms. The number of hydrogen-bond donors (Lipinski definition) is 3. The number of rotatable bonds is 5. The van der Waals surface area contributed by atoms with Gasteiger partial charge in [0.25, 0.3) is 11.8 Å². The average molecular weight is 329 g/mol. The second-order valence-electron chi connectivity index (χ2n) is 4.90. The number of anilines is 1. The van der Waals surface area contributed by atoms with Crippen LogP contribution < -0.4 is 16.0 Å². The van der Waals surface area contributed by atoms with Gasteiger partial charge in [0.2, 0.25) is 5.91 Å². The molecule has 0 radical (unpaired) electrons. The maximum absolute atomic E-state index is 13.0. The summed E-state index contributed by atoms with van der Waals surface area (Å²) >= 11 is 0. The molecule has 3 N–H and O–H groups in total. The number of halogens is 1. The van der Waals surface area contributed by atoms with Crippen LogP contribution in [0.5, 0.6) is 0 Å². The molecule has 6 nitrogen and oxygen atoms in total. The molecule has 7 heteroatoms. The molecular formula is C17H16FN3O3. The van der Waals surface area contributed by atoms with Crippen molar-refractivity contribution in [3.8, 4) is 0 Å². The minimum Gasteiger partial charge on any atom is -0.355 e. The normalized spacial score (nSPS) is 9.92. The molecule has 0 fully saturated rings. The minimum atomic E-state index is -0.542. The fourth-order valence-electron chi connectivity index (χ4n) is 1.95. The standard InChI is InChI=1S/C17H16FN3O3/c1-19-16(23)11-5-7-14(8-6-11)21-15(22)10-20-17(24)12-3-2-4-13(18)9-12/h2-9H,10H2,1H3,(H,19,23)(H,20,24)(H,21,22). The summed E-state index contributed by atoms with van der Waals surface area (Å²) < 4.78 is 13.0. The van der Waals surface area contributed by atoms with Gasteiger partial charge in [0.05, 0.1) is 6.54 Å². The van der Waals surface area contributed by atoms with Gasteiger partial charge in [0.15, 0.2) is 0 Å². The summed E-state index contributed by atoms with van der Waals surface area (Å²) in [7, 11) is 1.53. The molecule has 2 rings (SSSR count). The van der Waals surface area contributed by atoms with Gasteiger partial charge in [-0.05, 0) is 42.5 Å². The zero-order valence-electron chi connectivity index (χ0n) is 12.9. The van der Waals surface area contributed by atoms with Gasteiger partial charge in [-0.3, -0.25) is 14.4 Å². The van der Waals surface area contributed by atoms with Crippen LogP contribution in [-0.4, -0.2) is 31.3 Å². The highest BCUT2D eigenvalue weighted by molar-refractivity contribution is 5.99. The van der Waals surface area contributed by atoms with Crippen molar-refractivity contribution in [2.75, 3.05) is 18.9 Å². The summed E-state index contributed by atoms with van der Waals surface area (Å²) in [5.41, 5.74) is 1.10. The van der Waals surface area contributed by atoms with Gasteiger partial charge >= 0.3 is 0 Å². The van der Waals surface area contributed by atoms with E-state index in [0.717, 1.165) is 6.07 Å². The van der Waals surface area contributed by atoms with Crippen LogP contribution in [0.1, 0.15) is 20.7 Å². The molecule has 0 saturated heterocycles. The van der Waals surface area contributed by atoms with Crippen molar-refractivity contribution in [1.82, 2.24) is 10.6 Å². The van der Waals surface area contributed by atoms with Crippen molar-refractivity contribution in [2.45, 2.75) is 0 Å². The summed E-state index contributed by atoms with van der Waals surface area (Å²) in [6.45, 7) is -0.257. The number of benzene rings is 2. The first-order valence-electron chi connectivity index (χ1n) is 7.15. The molecule has 3 amide bonds. The van der Waals surface area contributed by atoms with Gasteiger partial charge in [-0.25, -0.2) is 4.39 Å². The summed E-state index contributed by atoms with van der Waals surface area (Å²) in [6.07, 6.45) is 0. The molecule has 0 aliphatic heterocycles. The first-order valence-corrected chi connectivity index (χ1v) is 7.15. The third-order valence-corrected chi connectivity index (χ3v) is 3.15. The Kier molecular flexibility index (Phi) is 5.62. The van der Waals surface area contributed by atoms with E-state index in [-0.39, 0.29) is 18.0 Å². The largest absolute Gasteiger partial charge is 0.355 e. The quantitative estimate of drug-likeness (QED) is 0.778. The van der Waals surface area contributed by atoms with Crippen molar-refractivity contribution in [3.63, 3.8) is 0 Å². The van der Waals surface area contributed by atoms with Crippen molar-refractivity contribution in [2.24, 2.45) is 0 Å². The fourth-order valence-corrected chi connectivity index (χ4v) is 1.95. The van der Waals surface area contributed by atoms with E-state index in [2.05, 4.69) is 16.0 Å². The Balaban J connectivity index is 1.87. The Labute approximate surface area is 138 Å². The smallest absolute Gasteiger partial charge is 0.251 e. The lowest BCUT2D eigenvalue weighted by atomic mass is 10.2. The van der Waals surface area contributed by atoms with Crippen molar-refractivity contribution >= 4 is 23.4 Å². The topological polar surface area (TPSA) is 87.3 Å². The van der Waals surface area contributed by atoms with Gasteiger partial charge in [-0.15, -0.1) is 0 Å². The van der Waals surface area contributed by atoms with E-state index < -0.39 is 17.6 Å². The maximum atomic E-state index is 13.0. The Morgan fingerprint density at radius 1 is 0.958 bits per heavy atom. The Morgan fingerprint density at radius 3 is 2.29 bits per heavy atom. The van der Waals surface area contributed by atoms with E-state index in [0.29, 0.717) is 11.3 Å². The fraction of sp³-hybridized carbons (Fsp3) is 0.118. The first kappa shape index (κ1) is 17.1. The number of hydrogen-bond acceptors (Lipinski definition) is 3.